The molecule has 1 aromatic rings. The lowest BCUT2D eigenvalue weighted by atomic mass is 9.75. The minimum absolute atomic E-state index is 0.179. The molecule has 1 aliphatic rings. The SMILES string of the molecule is C=CNc1ccccc1C1(C)CCCN(NN)CC1. The van der Waals surface area contributed by atoms with E-state index in [-0.39, 0.29) is 5.41 Å². The first kappa shape index (κ1) is 14.1. The summed E-state index contributed by atoms with van der Waals surface area (Å²) in [6.45, 7) is 8.08. The summed E-state index contributed by atoms with van der Waals surface area (Å²) in [5.74, 6) is 5.53. The Kier molecular flexibility index (Phi) is 4.58. The zero-order valence-electron chi connectivity index (χ0n) is 11.7. The topological polar surface area (TPSA) is 53.3 Å². The van der Waals surface area contributed by atoms with Crippen LogP contribution in [0.3, 0.4) is 0 Å². The molecule has 1 atom stereocenters. The van der Waals surface area contributed by atoms with Crippen molar-refractivity contribution in [2.45, 2.75) is 31.6 Å². The molecule has 1 aromatic carbocycles. The van der Waals surface area contributed by atoms with Crippen molar-refractivity contribution in [3.05, 3.63) is 42.6 Å². The fourth-order valence-electron chi connectivity index (χ4n) is 2.92. The van der Waals surface area contributed by atoms with Crippen LogP contribution in [-0.2, 0) is 5.41 Å². The highest BCUT2D eigenvalue weighted by molar-refractivity contribution is 5.56. The van der Waals surface area contributed by atoms with E-state index < -0.39 is 0 Å². The Balaban J connectivity index is 2.26. The molecule has 1 fully saturated rings. The number of hydrogen-bond acceptors (Lipinski definition) is 4. The molecule has 4 nitrogen and oxygen atoms in total. The van der Waals surface area contributed by atoms with Crippen LogP contribution in [0.5, 0.6) is 0 Å². The van der Waals surface area contributed by atoms with E-state index in [0.29, 0.717) is 0 Å². The van der Waals surface area contributed by atoms with E-state index in [1.165, 1.54) is 12.0 Å². The van der Waals surface area contributed by atoms with Gasteiger partial charge in [0.2, 0.25) is 0 Å². The highest BCUT2D eigenvalue weighted by Gasteiger charge is 2.31. The van der Waals surface area contributed by atoms with Crippen LogP contribution in [0.2, 0.25) is 0 Å². The summed E-state index contributed by atoms with van der Waals surface area (Å²) in [5, 5.41) is 5.35. The third kappa shape index (κ3) is 3.15. The fraction of sp³-hybridized carbons (Fsp3) is 0.467. The van der Waals surface area contributed by atoms with Crippen molar-refractivity contribution >= 4 is 5.69 Å². The number of para-hydroxylation sites is 1. The lowest BCUT2D eigenvalue weighted by molar-refractivity contribution is 0.194. The van der Waals surface area contributed by atoms with Gasteiger partial charge in [0.05, 0.1) is 0 Å². The Morgan fingerprint density at radius 1 is 1.32 bits per heavy atom. The maximum Gasteiger partial charge on any atom is 0.0417 e. The second kappa shape index (κ2) is 6.19. The van der Waals surface area contributed by atoms with Gasteiger partial charge in [-0.05, 0) is 42.5 Å². The van der Waals surface area contributed by atoms with Crippen molar-refractivity contribution in [1.29, 1.82) is 0 Å². The largest absolute Gasteiger partial charge is 0.362 e. The second-order valence-electron chi connectivity index (χ2n) is 5.42. The molecule has 1 aliphatic heterocycles. The van der Waals surface area contributed by atoms with Crippen LogP contribution in [-0.4, -0.2) is 18.1 Å². The molecule has 104 valence electrons. The number of anilines is 1. The molecule has 1 heterocycles. The van der Waals surface area contributed by atoms with Gasteiger partial charge in [0.1, 0.15) is 0 Å². The Labute approximate surface area is 115 Å². The van der Waals surface area contributed by atoms with Gasteiger partial charge in [0.15, 0.2) is 0 Å². The number of hydrogen-bond donors (Lipinski definition) is 3. The molecule has 0 aliphatic carbocycles. The van der Waals surface area contributed by atoms with Crippen LogP contribution in [0.4, 0.5) is 5.69 Å². The van der Waals surface area contributed by atoms with E-state index >= 15 is 0 Å². The van der Waals surface area contributed by atoms with Crippen molar-refractivity contribution in [3.63, 3.8) is 0 Å². The predicted octanol–water partition coefficient (Wildman–Crippen LogP) is 2.36. The molecular formula is C15H24N4. The van der Waals surface area contributed by atoms with Gasteiger partial charge in [-0.25, -0.2) is 5.01 Å². The van der Waals surface area contributed by atoms with Gasteiger partial charge in [-0.1, -0.05) is 31.7 Å². The van der Waals surface area contributed by atoms with Crippen molar-refractivity contribution in [2.24, 2.45) is 5.84 Å². The molecule has 0 amide bonds. The second-order valence-corrected chi connectivity index (χ2v) is 5.42. The van der Waals surface area contributed by atoms with E-state index in [1.807, 2.05) is 0 Å². The van der Waals surface area contributed by atoms with Gasteiger partial charge >= 0.3 is 0 Å². The van der Waals surface area contributed by atoms with E-state index in [1.54, 1.807) is 6.20 Å². The Bertz CT molecular complexity index is 432. The van der Waals surface area contributed by atoms with Crippen LogP contribution in [0.1, 0.15) is 31.7 Å². The lowest BCUT2D eigenvalue weighted by Crippen LogP contribution is -2.43. The molecule has 0 radical (unpaired) electrons. The van der Waals surface area contributed by atoms with E-state index in [9.17, 15) is 0 Å². The number of benzene rings is 1. The molecule has 1 unspecified atom stereocenters. The Morgan fingerprint density at radius 2 is 2.11 bits per heavy atom. The average Bonchev–Trinajstić information content (AvgIpc) is 2.62. The first-order valence-electron chi connectivity index (χ1n) is 6.88. The standard InChI is InChI=1S/C15H24N4/c1-3-17-14-8-5-4-7-13(14)15(2)9-6-11-19(18-16)12-10-15/h3-5,7-8,17-18H,1,6,9-12,16H2,2H3. The fourth-order valence-corrected chi connectivity index (χ4v) is 2.92. The Morgan fingerprint density at radius 3 is 2.84 bits per heavy atom. The number of nitrogens with two attached hydrogens (primary N) is 1. The molecule has 0 aromatic heterocycles. The summed E-state index contributed by atoms with van der Waals surface area (Å²) in [6, 6.07) is 8.51. The molecule has 2 rings (SSSR count). The molecule has 19 heavy (non-hydrogen) atoms. The summed E-state index contributed by atoms with van der Waals surface area (Å²) in [4.78, 5) is 0. The Hall–Kier alpha value is -1.36. The van der Waals surface area contributed by atoms with Gasteiger partial charge in [-0.15, -0.1) is 0 Å². The van der Waals surface area contributed by atoms with Crippen LogP contribution in [0, 0.1) is 0 Å². The molecule has 4 heteroatoms. The van der Waals surface area contributed by atoms with Crippen molar-refractivity contribution in [3.8, 4) is 0 Å². The third-order valence-electron chi connectivity index (χ3n) is 4.11. The summed E-state index contributed by atoms with van der Waals surface area (Å²) in [7, 11) is 0. The van der Waals surface area contributed by atoms with Crippen LogP contribution >= 0.6 is 0 Å². The van der Waals surface area contributed by atoms with E-state index in [2.05, 4.69) is 53.6 Å². The monoisotopic (exact) mass is 260 g/mol. The van der Waals surface area contributed by atoms with Crippen LogP contribution in [0.25, 0.3) is 0 Å². The third-order valence-corrected chi connectivity index (χ3v) is 4.11. The molecule has 1 saturated heterocycles. The summed E-state index contributed by atoms with van der Waals surface area (Å²) in [5.41, 5.74) is 5.48. The van der Waals surface area contributed by atoms with Gasteiger partial charge < -0.3 is 5.32 Å². The maximum absolute atomic E-state index is 5.53. The van der Waals surface area contributed by atoms with Gasteiger partial charge in [-0.3, -0.25) is 5.84 Å². The number of nitrogens with one attached hydrogen (secondary N) is 2. The number of rotatable bonds is 4. The number of hydrazine groups is 2. The molecule has 0 saturated carbocycles. The first-order chi connectivity index (χ1) is 9.19. The lowest BCUT2D eigenvalue weighted by Gasteiger charge is -2.31. The van der Waals surface area contributed by atoms with Crippen molar-refractivity contribution < 1.29 is 0 Å². The molecule has 0 bridgehead atoms. The van der Waals surface area contributed by atoms with E-state index in [4.69, 9.17) is 5.84 Å². The zero-order valence-corrected chi connectivity index (χ0v) is 11.7. The van der Waals surface area contributed by atoms with Crippen LogP contribution in [0.15, 0.2) is 37.0 Å². The van der Waals surface area contributed by atoms with Gasteiger partial charge in [0.25, 0.3) is 0 Å². The van der Waals surface area contributed by atoms with E-state index in [0.717, 1.165) is 31.6 Å². The van der Waals surface area contributed by atoms with Crippen LogP contribution < -0.4 is 16.7 Å². The summed E-state index contributed by atoms with van der Waals surface area (Å²) < 4.78 is 0. The quantitative estimate of drug-likeness (QED) is 0.574. The predicted molar refractivity (Wildman–Crippen MR) is 80.4 cm³/mol. The first-order valence-corrected chi connectivity index (χ1v) is 6.88. The highest BCUT2D eigenvalue weighted by Crippen LogP contribution is 2.38. The average molecular weight is 260 g/mol. The number of nitrogens with zero attached hydrogens (tertiary/aromatic N) is 1. The van der Waals surface area contributed by atoms with Crippen molar-refractivity contribution in [1.82, 2.24) is 10.5 Å². The smallest absolute Gasteiger partial charge is 0.0417 e. The molecule has 0 spiro atoms. The van der Waals surface area contributed by atoms with Gasteiger partial charge in [-0.2, -0.15) is 5.53 Å². The zero-order chi connectivity index (χ0) is 13.7. The summed E-state index contributed by atoms with van der Waals surface area (Å²) in [6.07, 6.45) is 5.14. The highest BCUT2D eigenvalue weighted by atomic mass is 15.6. The summed E-state index contributed by atoms with van der Waals surface area (Å²) >= 11 is 0. The molecular weight excluding hydrogens is 236 g/mol. The minimum atomic E-state index is 0.179. The molecule has 4 N–H and O–H groups in total. The minimum Gasteiger partial charge on any atom is -0.362 e. The van der Waals surface area contributed by atoms with Gasteiger partial charge in [0, 0.05) is 18.8 Å². The van der Waals surface area contributed by atoms with Crippen molar-refractivity contribution in [2.75, 3.05) is 18.4 Å². The maximum atomic E-state index is 5.53. The normalized spacial score (nSPS) is 24.7.